The van der Waals surface area contributed by atoms with E-state index in [1.807, 2.05) is 18.2 Å². The number of aromatic nitrogens is 1. The average molecular weight is 350 g/mol. The van der Waals surface area contributed by atoms with Crippen LogP contribution in [0.15, 0.2) is 48.7 Å². The number of thiocarbonyl (C=S) groups is 1. The summed E-state index contributed by atoms with van der Waals surface area (Å²) >= 11 is 5.13. The molecular weight excluding hydrogens is 328 g/mol. The summed E-state index contributed by atoms with van der Waals surface area (Å²) in [6.07, 6.45) is 6.18. The molecule has 0 spiro atoms. The maximum Gasteiger partial charge on any atom is 0.104 e. The summed E-state index contributed by atoms with van der Waals surface area (Å²) in [4.78, 5) is 0.418. The molecule has 1 aromatic heterocycles. The summed E-state index contributed by atoms with van der Waals surface area (Å²) in [6, 6.07) is 14.3. The van der Waals surface area contributed by atoms with Gasteiger partial charge in [-0.2, -0.15) is 0 Å². The summed E-state index contributed by atoms with van der Waals surface area (Å²) in [5, 5.41) is 10.7. The lowest BCUT2D eigenvalue weighted by molar-refractivity contribution is 0.282. The Morgan fingerprint density at radius 3 is 2.76 bits per heavy atom. The largest absolute Gasteiger partial charge is 0.392 e. The molecule has 0 bridgehead atoms. The molecule has 0 unspecified atom stereocenters. The van der Waals surface area contributed by atoms with E-state index in [2.05, 4.69) is 35.0 Å². The van der Waals surface area contributed by atoms with Crippen LogP contribution < -0.4 is 5.73 Å². The number of hydrogen-bond donors (Lipinski definition) is 2. The second-order valence-corrected chi connectivity index (χ2v) is 7.36. The fourth-order valence-corrected chi connectivity index (χ4v) is 3.55. The lowest BCUT2D eigenvalue weighted by atomic mass is 10.0. The van der Waals surface area contributed by atoms with Gasteiger partial charge in [0.15, 0.2) is 0 Å². The molecule has 4 rings (SSSR count). The second-order valence-electron chi connectivity index (χ2n) is 6.92. The van der Waals surface area contributed by atoms with Gasteiger partial charge in [-0.1, -0.05) is 55.4 Å². The predicted octanol–water partition coefficient (Wildman–Crippen LogP) is 4.23. The van der Waals surface area contributed by atoms with E-state index in [1.165, 1.54) is 35.7 Å². The van der Waals surface area contributed by atoms with Gasteiger partial charge in [0.1, 0.15) is 4.99 Å². The lowest BCUT2D eigenvalue weighted by Crippen LogP contribution is -2.08. The number of aryl methyl sites for hydroxylation is 1. The molecule has 25 heavy (non-hydrogen) atoms. The van der Waals surface area contributed by atoms with Crippen LogP contribution in [-0.2, 0) is 13.2 Å². The van der Waals surface area contributed by atoms with Crippen molar-refractivity contribution in [2.45, 2.75) is 32.4 Å². The zero-order valence-electron chi connectivity index (χ0n) is 14.1. The third-order valence-electron chi connectivity index (χ3n) is 5.06. The van der Waals surface area contributed by atoms with Gasteiger partial charge < -0.3 is 15.4 Å². The van der Waals surface area contributed by atoms with E-state index in [-0.39, 0.29) is 6.61 Å². The van der Waals surface area contributed by atoms with Gasteiger partial charge in [0.25, 0.3) is 0 Å². The van der Waals surface area contributed by atoms with Crippen LogP contribution in [0, 0.1) is 5.92 Å². The van der Waals surface area contributed by atoms with E-state index in [4.69, 9.17) is 18.0 Å². The van der Waals surface area contributed by atoms with Crippen molar-refractivity contribution in [3.63, 3.8) is 0 Å². The van der Waals surface area contributed by atoms with Crippen LogP contribution in [-0.4, -0.2) is 14.7 Å². The van der Waals surface area contributed by atoms with Crippen LogP contribution in [0.5, 0.6) is 0 Å². The van der Waals surface area contributed by atoms with E-state index >= 15 is 0 Å². The van der Waals surface area contributed by atoms with Crippen LogP contribution in [0.1, 0.15) is 30.4 Å². The molecule has 0 radical (unpaired) electrons. The molecule has 3 aromatic rings. The zero-order chi connectivity index (χ0) is 17.4. The van der Waals surface area contributed by atoms with Crippen molar-refractivity contribution in [1.82, 2.24) is 4.57 Å². The number of rotatable bonds is 6. The van der Waals surface area contributed by atoms with Gasteiger partial charge in [-0.3, -0.25) is 0 Å². The van der Waals surface area contributed by atoms with Gasteiger partial charge in [-0.25, -0.2) is 0 Å². The molecule has 0 amide bonds. The quantitative estimate of drug-likeness (QED) is 0.654. The molecule has 3 nitrogen and oxygen atoms in total. The van der Waals surface area contributed by atoms with Crippen molar-refractivity contribution in [1.29, 1.82) is 0 Å². The molecule has 1 saturated carbocycles. The van der Waals surface area contributed by atoms with E-state index in [0.29, 0.717) is 4.99 Å². The molecule has 1 aliphatic rings. The minimum Gasteiger partial charge on any atom is -0.392 e. The van der Waals surface area contributed by atoms with Gasteiger partial charge in [-0.05, 0) is 35.6 Å². The molecule has 3 N–H and O–H groups in total. The van der Waals surface area contributed by atoms with Crippen molar-refractivity contribution in [2.75, 3.05) is 0 Å². The Bertz CT molecular complexity index is 940. The first-order valence-electron chi connectivity index (χ1n) is 8.78. The third kappa shape index (κ3) is 3.32. The molecule has 4 heteroatoms. The van der Waals surface area contributed by atoms with Crippen LogP contribution in [0.4, 0.5) is 0 Å². The predicted molar refractivity (Wildman–Crippen MR) is 107 cm³/mol. The number of aliphatic hydroxyl groups excluding tert-OH is 1. The van der Waals surface area contributed by atoms with Gasteiger partial charge in [0.2, 0.25) is 0 Å². The summed E-state index contributed by atoms with van der Waals surface area (Å²) in [6.45, 7) is 1.08. The topological polar surface area (TPSA) is 51.2 Å². The highest BCUT2D eigenvalue weighted by molar-refractivity contribution is 7.80. The number of aliphatic hydroxyl groups is 1. The van der Waals surface area contributed by atoms with Gasteiger partial charge >= 0.3 is 0 Å². The van der Waals surface area contributed by atoms with E-state index in [9.17, 15) is 5.11 Å². The molecule has 1 aliphatic carbocycles. The Morgan fingerprint density at radius 1 is 1.20 bits per heavy atom. The highest BCUT2D eigenvalue weighted by Gasteiger charge is 2.21. The summed E-state index contributed by atoms with van der Waals surface area (Å²) in [5.41, 5.74) is 11.1. The van der Waals surface area contributed by atoms with Crippen molar-refractivity contribution in [3.8, 4) is 11.1 Å². The summed E-state index contributed by atoms with van der Waals surface area (Å²) in [5.74, 6) is 0.889. The standard InChI is InChI=1S/C21H22N2OS/c22-21(25)17-3-1-2-16(11-17)19-12-23(9-8-14-4-5-14)20-10-15(13-24)6-7-18(19)20/h1-3,6-7,10-12,14,24H,4-5,8-9,13H2,(H2,22,25). The Morgan fingerprint density at radius 2 is 2.04 bits per heavy atom. The molecule has 1 heterocycles. The smallest absolute Gasteiger partial charge is 0.104 e. The Balaban J connectivity index is 1.82. The first-order valence-corrected chi connectivity index (χ1v) is 9.19. The number of nitrogens with zero attached hydrogens (tertiary/aromatic N) is 1. The number of hydrogen-bond acceptors (Lipinski definition) is 2. The maximum absolute atomic E-state index is 9.50. The van der Waals surface area contributed by atoms with Crippen molar-refractivity contribution in [2.24, 2.45) is 11.7 Å². The fraction of sp³-hybridized carbons (Fsp3) is 0.286. The monoisotopic (exact) mass is 350 g/mol. The Hall–Kier alpha value is -2.17. The fourth-order valence-electron chi connectivity index (χ4n) is 3.42. The van der Waals surface area contributed by atoms with Crippen LogP contribution in [0.2, 0.25) is 0 Å². The second kappa shape index (κ2) is 6.62. The Kier molecular flexibility index (Phi) is 4.32. The van der Waals surface area contributed by atoms with Crippen LogP contribution in [0.3, 0.4) is 0 Å². The minimum absolute atomic E-state index is 0.0655. The van der Waals surface area contributed by atoms with Gasteiger partial charge in [0, 0.05) is 34.8 Å². The summed E-state index contributed by atoms with van der Waals surface area (Å²) in [7, 11) is 0. The normalized spacial score (nSPS) is 14.1. The van der Waals surface area contributed by atoms with Gasteiger partial charge in [-0.15, -0.1) is 0 Å². The molecule has 0 atom stereocenters. The van der Waals surface area contributed by atoms with Crippen molar-refractivity contribution < 1.29 is 5.11 Å². The molecule has 1 fully saturated rings. The number of fused-ring (bicyclic) bond motifs is 1. The minimum atomic E-state index is 0.0655. The van der Waals surface area contributed by atoms with Crippen LogP contribution in [0.25, 0.3) is 22.0 Å². The molecule has 0 aliphatic heterocycles. The average Bonchev–Trinajstić information content (AvgIpc) is 3.40. The maximum atomic E-state index is 9.50. The molecular formula is C21H22N2OS. The molecule has 2 aromatic carbocycles. The molecule has 0 saturated heterocycles. The zero-order valence-corrected chi connectivity index (χ0v) is 14.9. The van der Waals surface area contributed by atoms with Gasteiger partial charge in [0.05, 0.1) is 6.61 Å². The Labute approximate surface area is 153 Å². The highest BCUT2D eigenvalue weighted by atomic mass is 32.1. The lowest BCUT2D eigenvalue weighted by Gasteiger charge is -2.05. The van der Waals surface area contributed by atoms with Crippen molar-refractivity contribution in [3.05, 3.63) is 59.8 Å². The molecule has 128 valence electrons. The first-order chi connectivity index (χ1) is 12.2. The first kappa shape index (κ1) is 16.3. The third-order valence-corrected chi connectivity index (χ3v) is 5.30. The summed E-state index contributed by atoms with van der Waals surface area (Å²) < 4.78 is 2.33. The van der Waals surface area contributed by atoms with E-state index in [1.54, 1.807) is 0 Å². The van der Waals surface area contributed by atoms with Crippen molar-refractivity contribution >= 4 is 28.1 Å². The van der Waals surface area contributed by atoms with E-state index in [0.717, 1.165) is 29.2 Å². The number of nitrogens with two attached hydrogens (primary N) is 1. The highest BCUT2D eigenvalue weighted by Crippen LogP contribution is 2.35. The SMILES string of the molecule is NC(=S)c1cccc(-c2cn(CCC3CC3)c3cc(CO)ccc23)c1. The van der Waals surface area contributed by atoms with E-state index < -0.39 is 0 Å². The number of benzene rings is 2. The van der Waals surface area contributed by atoms with Crippen LogP contribution >= 0.6 is 12.2 Å².